The number of hydrogen-bond donors (Lipinski definition) is 2. The summed E-state index contributed by atoms with van der Waals surface area (Å²) in [7, 11) is 0. The van der Waals surface area contributed by atoms with Gasteiger partial charge in [0, 0.05) is 6.42 Å². The van der Waals surface area contributed by atoms with E-state index in [2.05, 4.69) is 20.4 Å². The van der Waals surface area contributed by atoms with Crippen LogP contribution >= 0.6 is 0 Å². The molecule has 0 aliphatic heterocycles. The standard InChI is InChI=1S/C14H24O4/c1-10(8-12(15)13(16)17)18-9-11-4-6-14(2,3)7-5-11/h11-12,15H,1,4-9H2,2-3H3,(H,16,17). The topological polar surface area (TPSA) is 66.8 Å². The summed E-state index contributed by atoms with van der Waals surface area (Å²) in [6, 6.07) is 0. The zero-order valence-corrected chi connectivity index (χ0v) is 11.3. The molecule has 0 aromatic rings. The lowest BCUT2D eigenvalue weighted by Crippen LogP contribution is -2.24. The van der Waals surface area contributed by atoms with Gasteiger partial charge in [0.1, 0.15) is 0 Å². The first kappa shape index (κ1) is 15.0. The molecule has 1 aliphatic carbocycles. The molecule has 0 bridgehead atoms. The summed E-state index contributed by atoms with van der Waals surface area (Å²) in [5, 5.41) is 17.7. The third-order valence-electron chi connectivity index (χ3n) is 3.69. The number of ether oxygens (including phenoxy) is 1. The predicted octanol–water partition coefficient (Wildman–Crippen LogP) is 2.57. The number of aliphatic hydroxyl groups excluding tert-OH is 1. The van der Waals surface area contributed by atoms with Gasteiger partial charge in [-0.25, -0.2) is 4.79 Å². The van der Waals surface area contributed by atoms with E-state index in [1.807, 2.05) is 0 Å². The first-order chi connectivity index (χ1) is 8.30. The molecule has 0 spiro atoms. The fourth-order valence-corrected chi connectivity index (χ4v) is 2.22. The molecule has 104 valence electrons. The molecule has 18 heavy (non-hydrogen) atoms. The third kappa shape index (κ3) is 5.08. The Kier molecular flexibility index (Phi) is 5.20. The predicted molar refractivity (Wildman–Crippen MR) is 69.1 cm³/mol. The summed E-state index contributed by atoms with van der Waals surface area (Å²) < 4.78 is 5.45. The molecule has 1 unspecified atom stereocenters. The molecule has 0 saturated heterocycles. The summed E-state index contributed by atoms with van der Waals surface area (Å²) in [6.07, 6.45) is 3.23. The zero-order chi connectivity index (χ0) is 13.8. The lowest BCUT2D eigenvalue weighted by atomic mass is 9.73. The Balaban J connectivity index is 2.21. The average Bonchev–Trinajstić information content (AvgIpc) is 2.27. The smallest absolute Gasteiger partial charge is 0.332 e. The van der Waals surface area contributed by atoms with E-state index in [1.54, 1.807) is 0 Å². The minimum atomic E-state index is -1.41. The van der Waals surface area contributed by atoms with Crippen LogP contribution in [0.5, 0.6) is 0 Å². The Morgan fingerprint density at radius 3 is 2.50 bits per heavy atom. The molecule has 0 aromatic heterocycles. The molecule has 1 rings (SSSR count). The maximum atomic E-state index is 10.5. The van der Waals surface area contributed by atoms with Crippen LogP contribution in [-0.2, 0) is 9.53 Å². The Labute approximate surface area is 109 Å². The van der Waals surface area contributed by atoms with Gasteiger partial charge in [-0.15, -0.1) is 0 Å². The Morgan fingerprint density at radius 1 is 1.44 bits per heavy atom. The van der Waals surface area contributed by atoms with Crippen LogP contribution < -0.4 is 0 Å². The second-order valence-electron chi connectivity index (χ2n) is 6.02. The maximum Gasteiger partial charge on any atom is 0.332 e. The lowest BCUT2D eigenvalue weighted by molar-refractivity contribution is -0.146. The number of rotatable bonds is 6. The normalized spacial score (nSPS) is 21.3. The van der Waals surface area contributed by atoms with Gasteiger partial charge in [-0.3, -0.25) is 0 Å². The van der Waals surface area contributed by atoms with E-state index in [0.29, 0.717) is 23.7 Å². The number of aliphatic hydroxyl groups is 1. The molecule has 1 atom stereocenters. The summed E-state index contributed by atoms with van der Waals surface area (Å²) in [5.74, 6) is -0.356. The third-order valence-corrected chi connectivity index (χ3v) is 3.69. The first-order valence-electron chi connectivity index (χ1n) is 6.51. The van der Waals surface area contributed by atoms with Crippen molar-refractivity contribution in [3.05, 3.63) is 12.3 Å². The van der Waals surface area contributed by atoms with Crippen molar-refractivity contribution in [1.82, 2.24) is 0 Å². The Morgan fingerprint density at radius 2 is 2.00 bits per heavy atom. The van der Waals surface area contributed by atoms with Crippen molar-refractivity contribution in [3.8, 4) is 0 Å². The second kappa shape index (κ2) is 6.23. The zero-order valence-electron chi connectivity index (χ0n) is 11.3. The van der Waals surface area contributed by atoms with Crippen molar-refractivity contribution in [2.45, 2.75) is 52.1 Å². The quantitative estimate of drug-likeness (QED) is 0.717. The molecule has 1 saturated carbocycles. The molecule has 2 N–H and O–H groups in total. The van der Waals surface area contributed by atoms with E-state index in [0.717, 1.165) is 12.8 Å². The van der Waals surface area contributed by atoms with E-state index in [4.69, 9.17) is 14.9 Å². The summed E-state index contributed by atoms with van der Waals surface area (Å²) >= 11 is 0. The van der Waals surface area contributed by atoms with Crippen molar-refractivity contribution in [1.29, 1.82) is 0 Å². The first-order valence-corrected chi connectivity index (χ1v) is 6.51. The highest BCUT2D eigenvalue weighted by Gasteiger charge is 2.27. The summed E-state index contributed by atoms with van der Waals surface area (Å²) in [5.41, 5.74) is 0.438. The van der Waals surface area contributed by atoms with Crippen molar-refractivity contribution in [3.63, 3.8) is 0 Å². The van der Waals surface area contributed by atoms with Crippen LogP contribution in [0, 0.1) is 11.3 Å². The minimum absolute atomic E-state index is 0.0342. The van der Waals surface area contributed by atoms with E-state index in [9.17, 15) is 4.79 Å². The molecule has 1 fully saturated rings. The van der Waals surface area contributed by atoms with Gasteiger partial charge in [0.05, 0.1) is 12.4 Å². The van der Waals surface area contributed by atoms with Crippen LogP contribution in [0.2, 0.25) is 0 Å². The van der Waals surface area contributed by atoms with Crippen molar-refractivity contribution >= 4 is 5.97 Å². The van der Waals surface area contributed by atoms with Gasteiger partial charge in [-0.1, -0.05) is 20.4 Å². The molecule has 0 radical (unpaired) electrons. The SMILES string of the molecule is C=C(CC(O)C(=O)O)OCC1CCC(C)(C)CC1. The monoisotopic (exact) mass is 256 g/mol. The van der Waals surface area contributed by atoms with Gasteiger partial charge >= 0.3 is 5.97 Å². The molecular weight excluding hydrogens is 232 g/mol. The number of carbonyl (C=O) groups is 1. The van der Waals surface area contributed by atoms with Crippen LogP contribution in [0.1, 0.15) is 46.0 Å². The van der Waals surface area contributed by atoms with E-state index >= 15 is 0 Å². The van der Waals surface area contributed by atoms with E-state index in [1.165, 1.54) is 12.8 Å². The molecule has 0 amide bonds. The van der Waals surface area contributed by atoms with Crippen LogP contribution in [-0.4, -0.2) is 28.9 Å². The summed E-state index contributed by atoms with van der Waals surface area (Å²) in [4.78, 5) is 10.5. The highest BCUT2D eigenvalue weighted by molar-refractivity contribution is 5.72. The number of hydrogen-bond acceptors (Lipinski definition) is 3. The molecule has 1 aliphatic rings. The molecule has 4 heteroatoms. The minimum Gasteiger partial charge on any atom is -0.498 e. The van der Waals surface area contributed by atoms with E-state index < -0.39 is 12.1 Å². The largest absolute Gasteiger partial charge is 0.498 e. The number of carboxylic acids is 1. The van der Waals surface area contributed by atoms with Crippen LogP contribution in [0.15, 0.2) is 12.3 Å². The van der Waals surface area contributed by atoms with Crippen LogP contribution in [0.4, 0.5) is 0 Å². The van der Waals surface area contributed by atoms with Crippen molar-refractivity contribution < 1.29 is 19.7 Å². The summed E-state index contributed by atoms with van der Waals surface area (Å²) in [6.45, 7) is 8.80. The van der Waals surface area contributed by atoms with Crippen LogP contribution in [0.3, 0.4) is 0 Å². The molecule has 0 aromatic carbocycles. The number of aliphatic carboxylic acids is 1. The van der Waals surface area contributed by atoms with Gasteiger partial charge in [-0.2, -0.15) is 0 Å². The van der Waals surface area contributed by atoms with Crippen LogP contribution in [0.25, 0.3) is 0 Å². The van der Waals surface area contributed by atoms with Crippen molar-refractivity contribution in [2.75, 3.05) is 6.61 Å². The average molecular weight is 256 g/mol. The van der Waals surface area contributed by atoms with Gasteiger partial charge in [0.2, 0.25) is 0 Å². The molecular formula is C14H24O4. The van der Waals surface area contributed by atoms with Gasteiger partial charge in [0.25, 0.3) is 0 Å². The molecule has 4 nitrogen and oxygen atoms in total. The fraction of sp³-hybridized carbons (Fsp3) is 0.786. The second-order valence-corrected chi connectivity index (χ2v) is 6.02. The Hall–Kier alpha value is -1.03. The highest BCUT2D eigenvalue weighted by Crippen LogP contribution is 2.38. The lowest BCUT2D eigenvalue weighted by Gasteiger charge is -2.34. The fourth-order valence-electron chi connectivity index (χ4n) is 2.22. The highest BCUT2D eigenvalue weighted by atomic mass is 16.5. The maximum absolute atomic E-state index is 10.5. The Bertz CT molecular complexity index is 299. The number of carboxylic acid groups (broad SMARTS) is 1. The van der Waals surface area contributed by atoms with Gasteiger partial charge in [-0.05, 0) is 37.0 Å². The van der Waals surface area contributed by atoms with Crippen molar-refractivity contribution in [2.24, 2.45) is 11.3 Å². The van der Waals surface area contributed by atoms with Gasteiger partial charge < -0.3 is 14.9 Å². The van der Waals surface area contributed by atoms with E-state index in [-0.39, 0.29) is 6.42 Å². The molecule has 0 heterocycles. The van der Waals surface area contributed by atoms with Gasteiger partial charge in [0.15, 0.2) is 6.10 Å².